The van der Waals surface area contributed by atoms with E-state index in [2.05, 4.69) is 20.8 Å². The highest BCUT2D eigenvalue weighted by Crippen LogP contribution is 2.15. The maximum atomic E-state index is 9.72. The predicted octanol–water partition coefficient (Wildman–Crippen LogP) is 0.979. The molecule has 0 aliphatic carbocycles. The number of nitrogens with zero attached hydrogens (tertiary/aromatic N) is 1. The standard InChI is InChI=1S/C10H20BrNO2/c11-9(4-8-13)10(14)3-7-12-5-1-2-6-12/h9-10,13-14H,1-8H2. The number of likely N-dealkylation sites (tertiary alicyclic amines) is 1. The Kier molecular flexibility index (Phi) is 6.01. The van der Waals surface area contributed by atoms with Gasteiger partial charge in [0, 0.05) is 18.0 Å². The first-order valence-corrected chi connectivity index (χ1v) is 6.31. The lowest BCUT2D eigenvalue weighted by molar-refractivity contribution is 0.135. The van der Waals surface area contributed by atoms with E-state index in [1.165, 1.54) is 25.9 Å². The largest absolute Gasteiger partial charge is 0.396 e. The van der Waals surface area contributed by atoms with Crippen molar-refractivity contribution in [3.8, 4) is 0 Å². The Hall–Kier alpha value is 0.360. The number of aliphatic hydroxyl groups excluding tert-OH is 2. The number of hydrogen-bond donors (Lipinski definition) is 2. The maximum absolute atomic E-state index is 9.72. The fraction of sp³-hybridized carbons (Fsp3) is 1.00. The van der Waals surface area contributed by atoms with Gasteiger partial charge in [-0.2, -0.15) is 0 Å². The molecule has 0 aromatic heterocycles. The summed E-state index contributed by atoms with van der Waals surface area (Å²) in [4.78, 5) is 2.43. The zero-order chi connectivity index (χ0) is 10.4. The molecule has 0 bridgehead atoms. The van der Waals surface area contributed by atoms with Gasteiger partial charge >= 0.3 is 0 Å². The molecule has 1 rings (SSSR count). The smallest absolute Gasteiger partial charge is 0.0678 e. The van der Waals surface area contributed by atoms with E-state index in [0.29, 0.717) is 6.42 Å². The van der Waals surface area contributed by atoms with Crippen molar-refractivity contribution < 1.29 is 10.2 Å². The molecule has 0 aromatic rings. The van der Waals surface area contributed by atoms with Gasteiger partial charge in [-0.25, -0.2) is 0 Å². The molecular formula is C10H20BrNO2. The zero-order valence-electron chi connectivity index (χ0n) is 8.53. The van der Waals surface area contributed by atoms with E-state index in [9.17, 15) is 5.11 Å². The van der Waals surface area contributed by atoms with Gasteiger partial charge in [0.15, 0.2) is 0 Å². The molecule has 1 fully saturated rings. The zero-order valence-corrected chi connectivity index (χ0v) is 10.1. The molecule has 2 atom stereocenters. The molecular weight excluding hydrogens is 246 g/mol. The summed E-state index contributed by atoms with van der Waals surface area (Å²) in [5.41, 5.74) is 0. The van der Waals surface area contributed by atoms with Crippen LogP contribution in [0.15, 0.2) is 0 Å². The molecule has 1 aliphatic heterocycles. The van der Waals surface area contributed by atoms with Crippen LogP contribution in [0, 0.1) is 0 Å². The van der Waals surface area contributed by atoms with Gasteiger partial charge in [-0.15, -0.1) is 0 Å². The first-order chi connectivity index (χ1) is 6.74. The molecule has 0 spiro atoms. The molecule has 2 N–H and O–H groups in total. The summed E-state index contributed by atoms with van der Waals surface area (Å²) in [6.07, 6.45) is 3.69. The van der Waals surface area contributed by atoms with Crippen molar-refractivity contribution in [3.05, 3.63) is 0 Å². The summed E-state index contributed by atoms with van der Waals surface area (Å²) in [6.45, 7) is 3.48. The fourth-order valence-electron chi connectivity index (χ4n) is 1.82. The summed E-state index contributed by atoms with van der Waals surface area (Å²) in [6, 6.07) is 0. The molecule has 0 amide bonds. The average molecular weight is 266 g/mol. The van der Waals surface area contributed by atoms with E-state index in [1.54, 1.807) is 0 Å². The van der Waals surface area contributed by atoms with Gasteiger partial charge < -0.3 is 15.1 Å². The van der Waals surface area contributed by atoms with Gasteiger partial charge in [0.05, 0.1) is 6.10 Å². The maximum Gasteiger partial charge on any atom is 0.0678 e. The van der Waals surface area contributed by atoms with E-state index >= 15 is 0 Å². The van der Waals surface area contributed by atoms with E-state index in [0.717, 1.165) is 13.0 Å². The minimum absolute atomic E-state index is 0.0371. The van der Waals surface area contributed by atoms with Crippen LogP contribution in [0.2, 0.25) is 0 Å². The lowest BCUT2D eigenvalue weighted by Gasteiger charge is -2.20. The second-order valence-electron chi connectivity index (χ2n) is 3.93. The van der Waals surface area contributed by atoms with Crippen molar-refractivity contribution >= 4 is 15.9 Å². The van der Waals surface area contributed by atoms with Crippen LogP contribution in [-0.4, -0.2) is 52.3 Å². The van der Waals surface area contributed by atoms with Gasteiger partial charge in [-0.05, 0) is 38.8 Å². The molecule has 3 nitrogen and oxygen atoms in total. The third-order valence-electron chi connectivity index (χ3n) is 2.76. The number of halogens is 1. The Balaban J connectivity index is 2.09. The number of aliphatic hydroxyl groups is 2. The minimum Gasteiger partial charge on any atom is -0.396 e. The summed E-state index contributed by atoms with van der Waals surface area (Å²) < 4.78 is 0. The van der Waals surface area contributed by atoms with Crippen molar-refractivity contribution in [2.45, 2.75) is 36.6 Å². The third-order valence-corrected chi connectivity index (χ3v) is 3.83. The van der Waals surface area contributed by atoms with Crippen LogP contribution in [0.1, 0.15) is 25.7 Å². The van der Waals surface area contributed by atoms with Crippen LogP contribution in [0.4, 0.5) is 0 Å². The van der Waals surface area contributed by atoms with E-state index in [4.69, 9.17) is 5.11 Å². The molecule has 2 unspecified atom stereocenters. The van der Waals surface area contributed by atoms with Crippen molar-refractivity contribution in [3.63, 3.8) is 0 Å². The highest BCUT2D eigenvalue weighted by Gasteiger charge is 2.18. The number of alkyl halides is 1. The molecule has 14 heavy (non-hydrogen) atoms. The van der Waals surface area contributed by atoms with Crippen molar-refractivity contribution in [1.82, 2.24) is 4.90 Å². The Morgan fingerprint density at radius 2 is 1.86 bits per heavy atom. The Morgan fingerprint density at radius 1 is 1.21 bits per heavy atom. The summed E-state index contributed by atoms with van der Waals surface area (Å²) in [5, 5.41) is 18.4. The Labute approximate surface area is 94.2 Å². The van der Waals surface area contributed by atoms with E-state index in [-0.39, 0.29) is 17.5 Å². The lowest BCUT2D eigenvalue weighted by atomic mass is 10.1. The van der Waals surface area contributed by atoms with Crippen LogP contribution in [0.3, 0.4) is 0 Å². The molecule has 0 saturated carbocycles. The Morgan fingerprint density at radius 3 is 2.43 bits per heavy atom. The minimum atomic E-state index is -0.331. The van der Waals surface area contributed by atoms with Crippen LogP contribution in [0.25, 0.3) is 0 Å². The third kappa shape index (κ3) is 4.26. The Bertz CT molecular complexity index is 151. The first kappa shape index (κ1) is 12.4. The highest BCUT2D eigenvalue weighted by molar-refractivity contribution is 9.09. The van der Waals surface area contributed by atoms with Gasteiger partial charge in [-0.3, -0.25) is 0 Å². The second kappa shape index (κ2) is 6.77. The molecule has 0 aromatic carbocycles. The fourth-order valence-corrected chi connectivity index (χ4v) is 2.29. The van der Waals surface area contributed by atoms with Crippen LogP contribution in [-0.2, 0) is 0 Å². The van der Waals surface area contributed by atoms with Gasteiger partial charge in [0.25, 0.3) is 0 Å². The van der Waals surface area contributed by atoms with Crippen LogP contribution >= 0.6 is 15.9 Å². The van der Waals surface area contributed by atoms with Crippen molar-refractivity contribution in [1.29, 1.82) is 0 Å². The number of rotatable bonds is 6. The molecule has 84 valence electrons. The monoisotopic (exact) mass is 265 g/mol. The SMILES string of the molecule is OCCC(Br)C(O)CCN1CCCC1. The van der Waals surface area contributed by atoms with Crippen molar-refractivity contribution in [2.24, 2.45) is 0 Å². The quantitative estimate of drug-likeness (QED) is 0.704. The van der Waals surface area contributed by atoms with Crippen LogP contribution < -0.4 is 0 Å². The highest BCUT2D eigenvalue weighted by atomic mass is 79.9. The van der Waals surface area contributed by atoms with Crippen molar-refractivity contribution in [2.75, 3.05) is 26.2 Å². The first-order valence-electron chi connectivity index (χ1n) is 5.39. The number of hydrogen-bond acceptors (Lipinski definition) is 3. The molecule has 0 radical (unpaired) electrons. The van der Waals surface area contributed by atoms with Gasteiger partial charge in [0.2, 0.25) is 0 Å². The van der Waals surface area contributed by atoms with Gasteiger partial charge in [0.1, 0.15) is 0 Å². The molecule has 4 heteroatoms. The predicted molar refractivity (Wildman–Crippen MR) is 60.7 cm³/mol. The average Bonchev–Trinajstić information content (AvgIpc) is 2.67. The summed E-state index contributed by atoms with van der Waals surface area (Å²) >= 11 is 3.38. The van der Waals surface area contributed by atoms with Gasteiger partial charge in [-0.1, -0.05) is 15.9 Å². The summed E-state index contributed by atoms with van der Waals surface area (Å²) in [5.74, 6) is 0. The molecule has 1 aliphatic rings. The van der Waals surface area contributed by atoms with Crippen LogP contribution in [0.5, 0.6) is 0 Å². The topological polar surface area (TPSA) is 43.7 Å². The lowest BCUT2D eigenvalue weighted by Crippen LogP contribution is -2.29. The van der Waals surface area contributed by atoms with E-state index < -0.39 is 0 Å². The normalized spacial score (nSPS) is 22.5. The van der Waals surface area contributed by atoms with E-state index in [1.807, 2.05) is 0 Å². The second-order valence-corrected chi connectivity index (χ2v) is 5.11. The summed E-state index contributed by atoms with van der Waals surface area (Å²) in [7, 11) is 0. The molecule has 1 heterocycles. The molecule has 1 saturated heterocycles.